The number of nitrogen functional groups attached to an aromatic ring is 1. The number of carbonyl (C=O) groups is 1. The molecule has 0 spiro atoms. The van der Waals surface area contributed by atoms with Gasteiger partial charge in [0.15, 0.2) is 0 Å². The van der Waals surface area contributed by atoms with Gasteiger partial charge in [-0.05, 0) is 12.8 Å². The highest BCUT2D eigenvalue weighted by atomic mass is 16.6. The summed E-state index contributed by atoms with van der Waals surface area (Å²) in [6.07, 6.45) is 2.71. The average Bonchev–Trinajstić information content (AvgIpc) is 2.53. The lowest BCUT2D eigenvalue weighted by Gasteiger charge is -2.32. The minimum atomic E-state index is -0.575. The molecule has 1 atom stereocenters. The van der Waals surface area contributed by atoms with Crippen LogP contribution in [0, 0.1) is 16.0 Å². The largest absolute Gasteiger partial charge is 0.359 e. The molecule has 0 aromatic carbocycles. The second kappa shape index (κ2) is 6.31. The lowest BCUT2D eigenvalue weighted by Crippen LogP contribution is -2.42. The number of amides is 1. The minimum absolute atomic E-state index is 0.0490. The van der Waals surface area contributed by atoms with Crippen LogP contribution in [0.2, 0.25) is 0 Å². The fraction of sp³-hybridized carbons (Fsp3) is 0.545. The summed E-state index contributed by atoms with van der Waals surface area (Å²) in [5.41, 5.74) is 1.92. The van der Waals surface area contributed by atoms with Gasteiger partial charge in [0.25, 0.3) is 0 Å². The molecule has 1 unspecified atom stereocenters. The summed E-state index contributed by atoms with van der Waals surface area (Å²) in [6, 6.07) is 0. The standard InChI is InChI=1S/C11H17N7O3/c1-13-11(19)7-3-2-4-17(5-7)10-8(18(20)21)9(16-12)14-6-15-10/h6-7H,2-5,12H2,1H3,(H,13,19)(H,14,15,16). The highest BCUT2D eigenvalue weighted by Gasteiger charge is 2.32. The third-order valence-corrected chi connectivity index (χ3v) is 3.46. The van der Waals surface area contributed by atoms with Crippen molar-refractivity contribution in [3.05, 3.63) is 16.4 Å². The summed E-state index contributed by atoms with van der Waals surface area (Å²) in [6.45, 7) is 0.969. The van der Waals surface area contributed by atoms with E-state index < -0.39 is 4.92 Å². The molecule has 2 rings (SSSR count). The quantitative estimate of drug-likeness (QED) is 0.388. The molecular formula is C11H17N7O3. The Morgan fingerprint density at radius 3 is 2.95 bits per heavy atom. The van der Waals surface area contributed by atoms with Gasteiger partial charge >= 0.3 is 5.69 Å². The molecule has 1 fully saturated rings. The van der Waals surface area contributed by atoms with E-state index in [2.05, 4.69) is 20.7 Å². The van der Waals surface area contributed by atoms with Gasteiger partial charge in [-0.1, -0.05) is 0 Å². The van der Waals surface area contributed by atoms with Crippen LogP contribution in [0.4, 0.5) is 17.3 Å². The van der Waals surface area contributed by atoms with Crippen LogP contribution >= 0.6 is 0 Å². The molecule has 1 aliphatic heterocycles. The molecule has 114 valence electrons. The van der Waals surface area contributed by atoms with Crippen molar-refractivity contribution in [2.24, 2.45) is 11.8 Å². The van der Waals surface area contributed by atoms with Crippen molar-refractivity contribution in [2.75, 3.05) is 30.5 Å². The molecule has 0 saturated carbocycles. The Kier molecular flexibility index (Phi) is 4.48. The SMILES string of the molecule is CNC(=O)C1CCCN(c2ncnc(NN)c2[N+](=O)[O-])C1. The minimum Gasteiger partial charge on any atom is -0.359 e. The Morgan fingerprint density at radius 1 is 1.57 bits per heavy atom. The van der Waals surface area contributed by atoms with E-state index in [9.17, 15) is 14.9 Å². The fourth-order valence-electron chi connectivity index (χ4n) is 2.46. The third-order valence-electron chi connectivity index (χ3n) is 3.46. The Hall–Kier alpha value is -2.49. The number of nitrogens with two attached hydrogens (primary N) is 1. The number of rotatable bonds is 4. The lowest BCUT2D eigenvalue weighted by molar-refractivity contribution is -0.383. The third kappa shape index (κ3) is 2.99. The van der Waals surface area contributed by atoms with Gasteiger partial charge in [-0.2, -0.15) is 0 Å². The van der Waals surface area contributed by atoms with Crippen LogP contribution in [0.3, 0.4) is 0 Å². The first kappa shape index (κ1) is 14.9. The molecule has 21 heavy (non-hydrogen) atoms. The summed E-state index contributed by atoms with van der Waals surface area (Å²) in [5, 5.41) is 13.8. The second-order valence-corrected chi connectivity index (χ2v) is 4.70. The summed E-state index contributed by atoms with van der Waals surface area (Å²) in [7, 11) is 1.57. The second-order valence-electron chi connectivity index (χ2n) is 4.70. The van der Waals surface area contributed by atoms with Gasteiger partial charge in [-0.3, -0.25) is 14.9 Å². The van der Waals surface area contributed by atoms with Crippen molar-refractivity contribution < 1.29 is 9.72 Å². The topological polar surface area (TPSA) is 139 Å². The van der Waals surface area contributed by atoms with E-state index in [0.29, 0.717) is 13.1 Å². The summed E-state index contributed by atoms with van der Waals surface area (Å²) in [4.78, 5) is 31.9. The number of anilines is 2. The van der Waals surface area contributed by atoms with E-state index in [4.69, 9.17) is 5.84 Å². The number of piperidine rings is 1. The van der Waals surface area contributed by atoms with E-state index in [0.717, 1.165) is 12.8 Å². The van der Waals surface area contributed by atoms with E-state index in [-0.39, 0.29) is 29.1 Å². The monoisotopic (exact) mass is 295 g/mol. The smallest absolute Gasteiger partial charge is 0.354 e. The van der Waals surface area contributed by atoms with Gasteiger partial charge < -0.3 is 15.6 Å². The molecule has 10 nitrogen and oxygen atoms in total. The van der Waals surface area contributed by atoms with Crippen molar-refractivity contribution in [1.29, 1.82) is 0 Å². The fourth-order valence-corrected chi connectivity index (χ4v) is 2.46. The van der Waals surface area contributed by atoms with Crippen molar-refractivity contribution in [3.63, 3.8) is 0 Å². The van der Waals surface area contributed by atoms with Crippen LogP contribution in [-0.4, -0.2) is 40.9 Å². The zero-order valence-electron chi connectivity index (χ0n) is 11.6. The first-order valence-electron chi connectivity index (χ1n) is 6.51. The maximum Gasteiger partial charge on any atom is 0.354 e. The van der Waals surface area contributed by atoms with Crippen molar-refractivity contribution in [3.8, 4) is 0 Å². The van der Waals surface area contributed by atoms with Crippen LogP contribution in [0.5, 0.6) is 0 Å². The van der Waals surface area contributed by atoms with Gasteiger partial charge in [0.1, 0.15) is 6.33 Å². The molecule has 0 bridgehead atoms. The maximum atomic E-state index is 11.7. The number of hydrogen-bond acceptors (Lipinski definition) is 8. The van der Waals surface area contributed by atoms with Crippen molar-refractivity contribution in [1.82, 2.24) is 15.3 Å². The van der Waals surface area contributed by atoms with Crippen LogP contribution in [0.25, 0.3) is 0 Å². The van der Waals surface area contributed by atoms with E-state index >= 15 is 0 Å². The lowest BCUT2D eigenvalue weighted by atomic mass is 9.97. The number of carbonyl (C=O) groups excluding carboxylic acids is 1. The van der Waals surface area contributed by atoms with Crippen molar-refractivity contribution >= 4 is 23.2 Å². The molecule has 1 amide bonds. The predicted octanol–water partition coefficient (Wildman–Crippen LogP) is -0.367. The molecular weight excluding hydrogens is 278 g/mol. The van der Waals surface area contributed by atoms with E-state index in [1.807, 2.05) is 0 Å². The normalized spacial score (nSPS) is 18.2. The van der Waals surface area contributed by atoms with E-state index in [1.54, 1.807) is 11.9 Å². The van der Waals surface area contributed by atoms with Crippen LogP contribution < -0.4 is 21.5 Å². The summed E-state index contributed by atoms with van der Waals surface area (Å²) < 4.78 is 0. The number of nitrogens with one attached hydrogen (secondary N) is 2. The van der Waals surface area contributed by atoms with Crippen LogP contribution in [0.15, 0.2) is 6.33 Å². The van der Waals surface area contributed by atoms with Gasteiger partial charge in [-0.15, -0.1) is 0 Å². The number of aromatic nitrogens is 2. The Bertz CT molecular complexity index is 551. The highest BCUT2D eigenvalue weighted by molar-refractivity contribution is 5.79. The van der Waals surface area contributed by atoms with E-state index in [1.165, 1.54) is 6.33 Å². The molecule has 1 aliphatic rings. The average molecular weight is 295 g/mol. The number of nitrogens with zero attached hydrogens (tertiary/aromatic N) is 4. The first-order chi connectivity index (χ1) is 10.1. The molecule has 0 aliphatic carbocycles. The number of nitro groups is 1. The zero-order chi connectivity index (χ0) is 15.4. The maximum absolute atomic E-state index is 11.7. The molecule has 2 heterocycles. The molecule has 0 radical (unpaired) electrons. The van der Waals surface area contributed by atoms with Crippen LogP contribution in [-0.2, 0) is 4.79 Å². The van der Waals surface area contributed by atoms with Gasteiger partial charge in [-0.25, -0.2) is 15.8 Å². The molecule has 10 heteroatoms. The molecule has 1 saturated heterocycles. The van der Waals surface area contributed by atoms with Crippen molar-refractivity contribution in [2.45, 2.75) is 12.8 Å². The number of hydrazine groups is 1. The van der Waals surface area contributed by atoms with Gasteiger partial charge in [0.2, 0.25) is 17.5 Å². The highest BCUT2D eigenvalue weighted by Crippen LogP contribution is 2.33. The van der Waals surface area contributed by atoms with Crippen LogP contribution in [0.1, 0.15) is 12.8 Å². The molecule has 1 aromatic heterocycles. The van der Waals surface area contributed by atoms with Gasteiger partial charge in [0, 0.05) is 20.1 Å². The number of hydrogen-bond donors (Lipinski definition) is 3. The Labute approximate surface area is 120 Å². The molecule has 1 aromatic rings. The molecule has 4 N–H and O–H groups in total. The Morgan fingerprint density at radius 2 is 2.33 bits per heavy atom. The Balaban J connectivity index is 2.33. The summed E-state index contributed by atoms with van der Waals surface area (Å²) >= 11 is 0. The zero-order valence-corrected chi connectivity index (χ0v) is 11.6. The summed E-state index contributed by atoms with van der Waals surface area (Å²) in [5.74, 6) is 5.09. The van der Waals surface area contributed by atoms with Gasteiger partial charge in [0.05, 0.1) is 10.8 Å². The first-order valence-corrected chi connectivity index (χ1v) is 6.51. The predicted molar refractivity (Wildman–Crippen MR) is 75.5 cm³/mol.